The molecule has 0 atom stereocenters. The van der Waals surface area contributed by atoms with Crippen molar-refractivity contribution in [3.63, 3.8) is 0 Å². The lowest BCUT2D eigenvalue weighted by Crippen LogP contribution is -2.30. The Labute approximate surface area is 139 Å². The van der Waals surface area contributed by atoms with E-state index in [0.717, 1.165) is 12.1 Å². The van der Waals surface area contributed by atoms with Gasteiger partial charge in [-0.05, 0) is 26.0 Å². The van der Waals surface area contributed by atoms with Gasteiger partial charge in [0.05, 0.1) is 11.3 Å². The molecule has 0 spiro atoms. The van der Waals surface area contributed by atoms with Crippen LogP contribution in [-0.4, -0.2) is 21.3 Å². The van der Waals surface area contributed by atoms with Crippen LogP contribution in [0.3, 0.4) is 0 Å². The van der Waals surface area contributed by atoms with Gasteiger partial charge >= 0.3 is 6.18 Å². The topological polar surface area (TPSA) is 46.4 Å². The average molecular weight is 353 g/mol. The number of carbonyl (C=O) groups excluding carboxylic acids is 1. The summed E-state index contributed by atoms with van der Waals surface area (Å²) in [5, 5.41) is 4.57. The molecule has 126 valence electrons. The number of hydrogen-bond acceptors (Lipinski definition) is 3. The van der Waals surface area contributed by atoms with E-state index in [1.54, 1.807) is 16.0 Å². The number of thiazole rings is 1. The lowest BCUT2D eigenvalue weighted by atomic mass is 10.1. The minimum atomic E-state index is -4.40. The fourth-order valence-electron chi connectivity index (χ4n) is 2.37. The van der Waals surface area contributed by atoms with E-state index in [1.165, 1.54) is 23.5 Å². The zero-order valence-electron chi connectivity index (χ0n) is 12.9. The summed E-state index contributed by atoms with van der Waals surface area (Å²) in [6.45, 7) is 3.66. The maximum Gasteiger partial charge on any atom is 0.416 e. The van der Waals surface area contributed by atoms with Crippen LogP contribution in [0.1, 0.15) is 29.9 Å². The molecule has 0 aliphatic rings. The van der Waals surface area contributed by atoms with Gasteiger partial charge in [-0.25, -0.2) is 4.98 Å². The molecule has 2 heterocycles. The highest BCUT2D eigenvalue weighted by molar-refractivity contribution is 7.15. The zero-order valence-corrected chi connectivity index (χ0v) is 13.7. The number of hydrogen-bond donors (Lipinski definition) is 1. The highest BCUT2D eigenvalue weighted by Crippen LogP contribution is 2.32. The SMILES string of the molecule is CC(C)NC(=O)c1nc2sccn2c1-c1ccc(C(F)(F)F)cc1. The quantitative estimate of drug-likeness (QED) is 0.766. The van der Waals surface area contributed by atoms with Crippen LogP contribution in [-0.2, 0) is 6.18 Å². The first-order chi connectivity index (χ1) is 11.3. The van der Waals surface area contributed by atoms with Crippen molar-refractivity contribution in [2.24, 2.45) is 0 Å². The van der Waals surface area contributed by atoms with Crippen LogP contribution in [0, 0.1) is 0 Å². The van der Waals surface area contributed by atoms with Crippen molar-refractivity contribution in [2.45, 2.75) is 26.1 Å². The van der Waals surface area contributed by atoms with Crippen molar-refractivity contribution in [1.29, 1.82) is 0 Å². The molecule has 1 N–H and O–H groups in total. The van der Waals surface area contributed by atoms with E-state index < -0.39 is 11.7 Å². The monoisotopic (exact) mass is 353 g/mol. The molecule has 1 amide bonds. The van der Waals surface area contributed by atoms with E-state index in [9.17, 15) is 18.0 Å². The molecular formula is C16H14F3N3OS. The summed E-state index contributed by atoms with van der Waals surface area (Å²) in [6, 6.07) is 4.65. The van der Waals surface area contributed by atoms with Gasteiger partial charge in [0.25, 0.3) is 5.91 Å². The van der Waals surface area contributed by atoms with Gasteiger partial charge in [-0.15, -0.1) is 11.3 Å². The molecule has 8 heteroatoms. The maximum absolute atomic E-state index is 12.7. The summed E-state index contributed by atoms with van der Waals surface area (Å²) < 4.78 is 39.9. The zero-order chi connectivity index (χ0) is 17.5. The molecule has 2 aromatic heterocycles. The van der Waals surface area contributed by atoms with Crippen molar-refractivity contribution in [3.05, 3.63) is 47.1 Å². The summed E-state index contributed by atoms with van der Waals surface area (Å²) in [5.74, 6) is -0.351. The number of nitrogens with one attached hydrogen (secondary N) is 1. The van der Waals surface area contributed by atoms with Crippen LogP contribution in [0.5, 0.6) is 0 Å². The third-order valence-corrected chi connectivity index (χ3v) is 4.14. The lowest BCUT2D eigenvalue weighted by molar-refractivity contribution is -0.137. The van der Waals surface area contributed by atoms with Gasteiger partial charge in [0, 0.05) is 23.2 Å². The number of rotatable bonds is 3. The van der Waals surface area contributed by atoms with Crippen LogP contribution < -0.4 is 5.32 Å². The van der Waals surface area contributed by atoms with E-state index in [2.05, 4.69) is 10.3 Å². The van der Waals surface area contributed by atoms with Crippen molar-refractivity contribution < 1.29 is 18.0 Å². The maximum atomic E-state index is 12.7. The van der Waals surface area contributed by atoms with Crippen LogP contribution in [0.25, 0.3) is 16.2 Å². The van der Waals surface area contributed by atoms with Gasteiger partial charge < -0.3 is 5.32 Å². The molecule has 0 radical (unpaired) electrons. The smallest absolute Gasteiger partial charge is 0.348 e. The van der Waals surface area contributed by atoms with Crippen molar-refractivity contribution in [3.8, 4) is 11.3 Å². The van der Waals surface area contributed by atoms with Crippen molar-refractivity contribution in [1.82, 2.24) is 14.7 Å². The Morgan fingerprint density at radius 1 is 1.25 bits per heavy atom. The summed E-state index contributed by atoms with van der Waals surface area (Å²) in [7, 11) is 0. The molecule has 24 heavy (non-hydrogen) atoms. The normalized spacial score (nSPS) is 12.1. The Balaban J connectivity index is 2.10. The minimum Gasteiger partial charge on any atom is -0.348 e. The van der Waals surface area contributed by atoms with Gasteiger partial charge in [0.15, 0.2) is 10.7 Å². The first kappa shape index (κ1) is 16.5. The largest absolute Gasteiger partial charge is 0.416 e. The Morgan fingerprint density at radius 2 is 1.92 bits per heavy atom. The van der Waals surface area contributed by atoms with Gasteiger partial charge in [-0.1, -0.05) is 12.1 Å². The third kappa shape index (κ3) is 3.01. The molecule has 0 aliphatic carbocycles. The number of fused-ring (bicyclic) bond motifs is 1. The van der Waals surface area contributed by atoms with Crippen LogP contribution >= 0.6 is 11.3 Å². The van der Waals surface area contributed by atoms with E-state index in [-0.39, 0.29) is 17.6 Å². The summed E-state index contributed by atoms with van der Waals surface area (Å²) >= 11 is 1.35. The summed E-state index contributed by atoms with van der Waals surface area (Å²) in [5.41, 5.74) is 0.460. The van der Waals surface area contributed by atoms with Gasteiger partial charge in [0.2, 0.25) is 0 Å². The fourth-order valence-corrected chi connectivity index (χ4v) is 3.08. The molecular weight excluding hydrogens is 339 g/mol. The van der Waals surface area contributed by atoms with Crippen molar-refractivity contribution >= 4 is 22.2 Å². The van der Waals surface area contributed by atoms with Crippen LogP contribution in [0.4, 0.5) is 13.2 Å². The van der Waals surface area contributed by atoms with Gasteiger partial charge in [-0.3, -0.25) is 9.20 Å². The van der Waals surface area contributed by atoms with E-state index in [1.807, 2.05) is 13.8 Å². The van der Waals surface area contributed by atoms with Gasteiger partial charge in [0.1, 0.15) is 0 Å². The summed E-state index contributed by atoms with van der Waals surface area (Å²) in [6.07, 6.45) is -2.66. The highest BCUT2D eigenvalue weighted by Gasteiger charge is 2.30. The number of nitrogens with zero attached hydrogens (tertiary/aromatic N) is 2. The Bertz CT molecular complexity index is 878. The highest BCUT2D eigenvalue weighted by atomic mass is 32.1. The van der Waals surface area contributed by atoms with Crippen LogP contribution in [0.2, 0.25) is 0 Å². The standard InChI is InChI=1S/C16H14F3N3OS/c1-9(2)20-14(23)12-13(22-7-8-24-15(22)21-12)10-3-5-11(6-4-10)16(17,18)19/h3-9H,1-2H3,(H,20,23). The average Bonchev–Trinajstić information content (AvgIpc) is 3.05. The molecule has 0 aliphatic heterocycles. The minimum absolute atomic E-state index is 0.0716. The molecule has 3 rings (SSSR count). The van der Waals surface area contributed by atoms with E-state index in [4.69, 9.17) is 0 Å². The number of imidazole rings is 1. The third-order valence-electron chi connectivity index (χ3n) is 3.38. The number of halogens is 3. The summed E-state index contributed by atoms with van der Waals surface area (Å²) in [4.78, 5) is 17.3. The predicted octanol–water partition coefficient (Wildman–Crippen LogP) is 4.22. The molecule has 1 aromatic carbocycles. The molecule has 0 fully saturated rings. The molecule has 4 nitrogen and oxygen atoms in total. The number of carbonyl (C=O) groups is 1. The molecule has 0 saturated heterocycles. The van der Waals surface area contributed by atoms with E-state index >= 15 is 0 Å². The second-order valence-electron chi connectivity index (χ2n) is 5.57. The first-order valence-electron chi connectivity index (χ1n) is 7.21. The second kappa shape index (κ2) is 5.94. The lowest BCUT2D eigenvalue weighted by Gasteiger charge is -2.10. The Morgan fingerprint density at radius 3 is 2.50 bits per heavy atom. The van der Waals surface area contributed by atoms with Crippen molar-refractivity contribution in [2.75, 3.05) is 0 Å². The van der Waals surface area contributed by atoms with Gasteiger partial charge in [-0.2, -0.15) is 13.2 Å². The Hall–Kier alpha value is -2.35. The molecule has 0 bridgehead atoms. The molecule has 0 saturated carbocycles. The molecule has 3 aromatic rings. The number of amides is 1. The Kier molecular flexibility index (Phi) is 4.08. The number of alkyl halides is 3. The second-order valence-corrected chi connectivity index (χ2v) is 6.44. The number of benzene rings is 1. The molecule has 0 unspecified atom stereocenters. The first-order valence-corrected chi connectivity index (χ1v) is 8.09. The fraction of sp³-hybridized carbons (Fsp3) is 0.250. The van der Waals surface area contributed by atoms with Crippen LogP contribution in [0.15, 0.2) is 35.8 Å². The van der Waals surface area contributed by atoms with E-state index in [0.29, 0.717) is 16.2 Å². The predicted molar refractivity (Wildman–Crippen MR) is 86.1 cm³/mol. The number of aromatic nitrogens is 2.